The zero-order chi connectivity index (χ0) is 14.6. The molecular weight excluding hydrogens is 272 g/mol. The van der Waals surface area contributed by atoms with Gasteiger partial charge >= 0.3 is 0 Å². The Hall–Kier alpha value is -0.870. The molecule has 0 amide bonds. The molecule has 0 heterocycles. The van der Waals surface area contributed by atoms with Crippen LogP contribution in [-0.2, 0) is 21.7 Å². The van der Waals surface area contributed by atoms with Crippen molar-refractivity contribution in [2.75, 3.05) is 18.1 Å². The van der Waals surface area contributed by atoms with Crippen LogP contribution in [-0.4, -0.2) is 31.6 Å². The van der Waals surface area contributed by atoms with E-state index in [1.54, 1.807) is 0 Å². The number of benzene rings is 1. The van der Waals surface area contributed by atoms with Crippen LogP contribution >= 0.6 is 0 Å². The Morgan fingerprint density at radius 2 is 2.00 bits per heavy atom. The van der Waals surface area contributed by atoms with Gasteiger partial charge in [-0.2, -0.15) is 0 Å². The Balaban J connectivity index is 2.23. The van der Waals surface area contributed by atoms with Crippen molar-refractivity contribution in [3.05, 3.63) is 35.4 Å². The molecule has 112 valence electrons. The molecule has 20 heavy (non-hydrogen) atoms. The monoisotopic (exact) mass is 296 g/mol. The molecule has 0 aromatic heterocycles. The van der Waals surface area contributed by atoms with E-state index in [2.05, 4.69) is 12.1 Å². The predicted octanol–water partition coefficient (Wildman–Crippen LogP) is 2.47. The molecule has 0 spiro atoms. The van der Waals surface area contributed by atoms with Gasteiger partial charge in [-0.05, 0) is 43.2 Å². The molecule has 0 fully saturated rings. The molecular formula is C16H24O3S. The van der Waals surface area contributed by atoms with Gasteiger partial charge in [0.05, 0.1) is 12.4 Å². The molecule has 0 aliphatic heterocycles. The molecule has 1 aromatic carbocycles. The highest BCUT2D eigenvalue weighted by atomic mass is 32.2. The van der Waals surface area contributed by atoms with E-state index in [0.29, 0.717) is 12.8 Å². The van der Waals surface area contributed by atoms with Crippen molar-refractivity contribution in [1.82, 2.24) is 0 Å². The molecule has 0 saturated carbocycles. The number of hydrogen-bond acceptors (Lipinski definition) is 3. The summed E-state index contributed by atoms with van der Waals surface area (Å²) in [7, 11) is -2.99. The van der Waals surface area contributed by atoms with Gasteiger partial charge in [0.2, 0.25) is 0 Å². The molecule has 0 bridgehead atoms. The second-order valence-corrected chi connectivity index (χ2v) is 8.15. The van der Waals surface area contributed by atoms with Crippen LogP contribution in [0.15, 0.2) is 24.3 Å². The van der Waals surface area contributed by atoms with Crippen LogP contribution in [0.5, 0.6) is 0 Å². The van der Waals surface area contributed by atoms with Gasteiger partial charge in [0.15, 0.2) is 0 Å². The highest BCUT2D eigenvalue weighted by Gasteiger charge is 2.36. The normalized spacial score (nSPS) is 22.5. The van der Waals surface area contributed by atoms with Crippen molar-refractivity contribution in [2.24, 2.45) is 0 Å². The maximum absolute atomic E-state index is 12.0. The van der Waals surface area contributed by atoms with Gasteiger partial charge in [0.25, 0.3) is 0 Å². The largest absolute Gasteiger partial charge is 0.395 e. The summed E-state index contributed by atoms with van der Waals surface area (Å²) in [4.78, 5) is 0. The summed E-state index contributed by atoms with van der Waals surface area (Å²) >= 11 is 0. The maximum atomic E-state index is 12.0. The van der Waals surface area contributed by atoms with Crippen molar-refractivity contribution < 1.29 is 13.5 Å². The van der Waals surface area contributed by atoms with Gasteiger partial charge < -0.3 is 5.11 Å². The van der Waals surface area contributed by atoms with Gasteiger partial charge in [0, 0.05) is 11.2 Å². The Labute approximate surface area is 121 Å². The summed E-state index contributed by atoms with van der Waals surface area (Å²) in [5.74, 6) is 0.423. The molecule has 0 radical (unpaired) electrons. The molecule has 1 aliphatic rings. The maximum Gasteiger partial charge on any atom is 0.150 e. The summed E-state index contributed by atoms with van der Waals surface area (Å²) in [6, 6.07) is 8.14. The first-order chi connectivity index (χ1) is 9.53. The summed E-state index contributed by atoms with van der Waals surface area (Å²) < 4.78 is 23.9. The lowest BCUT2D eigenvalue weighted by molar-refractivity contribution is 0.170. The molecule has 2 rings (SSSR count). The number of aryl methyl sites for hydroxylation is 1. The van der Waals surface area contributed by atoms with Gasteiger partial charge in [-0.25, -0.2) is 8.42 Å². The van der Waals surface area contributed by atoms with E-state index in [1.807, 2.05) is 19.1 Å². The first-order valence-electron chi connectivity index (χ1n) is 7.43. The molecule has 1 aromatic rings. The summed E-state index contributed by atoms with van der Waals surface area (Å²) in [5, 5.41) is 9.92. The minimum absolute atomic E-state index is 0.0334. The Morgan fingerprint density at radius 3 is 2.70 bits per heavy atom. The SMILES string of the molecule is CCCS(=O)(=O)CCC1(CO)CCCc2ccccc21. The topological polar surface area (TPSA) is 54.4 Å². The number of hydrogen-bond donors (Lipinski definition) is 1. The molecule has 3 nitrogen and oxygen atoms in total. The first kappa shape index (κ1) is 15.5. The zero-order valence-electron chi connectivity index (χ0n) is 12.1. The zero-order valence-corrected chi connectivity index (χ0v) is 13.0. The summed E-state index contributed by atoms with van der Waals surface area (Å²) in [6.07, 6.45) is 4.11. The fraction of sp³-hybridized carbons (Fsp3) is 0.625. The molecule has 1 N–H and O–H groups in total. The van der Waals surface area contributed by atoms with Crippen LogP contribution in [0.1, 0.15) is 43.7 Å². The van der Waals surface area contributed by atoms with E-state index >= 15 is 0 Å². The second kappa shape index (κ2) is 6.27. The third kappa shape index (κ3) is 3.23. The van der Waals surface area contributed by atoms with Crippen LogP contribution in [0.2, 0.25) is 0 Å². The van der Waals surface area contributed by atoms with Crippen LogP contribution in [0.25, 0.3) is 0 Å². The van der Waals surface area contributed by atoms with E-state index in [1.165, 1.54) is 5.56 Å². The first-order valence-corrected chi connectivity index (χ1v) is 9.25. The Bertz CT molecular complexity index is 551. The average molecular weight is 296 g/mol. The number of sulfone groups is 1. The third-order valence-corrected chi connectivity index (χ3v) is 6.26. The smallest absolute Gasteiger partial charge is 0.150 e. The molecule has 1 unspecified atom stereocenters. The number of rotatable bonds is 6. The fourth-order valence-electron chi connectivity index (χ4n) is 3.27. The quantitative estimate of drug-likeness (QED) is 0.877. The summed E-state index contributed by atoms with van der Waals surface area (Å²) in [6.45, 7) is 1.92. The molecule has 1 atom stereocenters. The summed E-state index contributed by atoms with van der Waals surface area (Å²) in [5.41, 5.74) is 2.05. The lowest BCUT2D eigenvalue weighted by Gasteiger charge is -2.38. The highest BCUT2D eigenvalue weighted by Crippen LogP contribution is 2.40. The van der Waals surface area contributed by atoms with Crippen molar-refractivity contribution >= 4 is 9.84 Å². The minimum Gasteiger partial charge on any atom is -0.395 e. The lowest BCUT2D eigenvalue weighted by Crippen LogP contribution is -2.37. The van der Waals surface area contributed by atoms with Crippen molar-refractivity contribution in [1.29, 1.82) is 0 Å². The van der Waals surface area contributed by atoms with Gasteiger partial charge in [0.1, 0.15) is 9.84 Å². The number of aliphatic hydroxyl groups is 1. The molecule has 0 saturated heterocycles. The lowest BCUT2D eigenvalue weighted by atomic mass is 9.69. The number of fused-ring (bicyclic) bond motifs is 1. The van der Waals surface area contributed by atoms with E-state index in [9.17, 15) is 13.5 Å². The van der Waals surface area contributed by atoms with Crippen LogP contribution in [0, 0.1) is 0 Å². The van der Waals surface area contributed by atoms with Crippen LogP contribution < -0.4 is 0 Å². The van der Waals surface area contributed by atoms with E-state index in [-0.39, 0.29) is 23.5 Å². The average Bonchev–Trinajstić information content (AvgIpc) is 2.45. The van der Waals surface area contributed by atoms with E-state index in [0.717, 1.165) is 24.8 Å². The van der Waals surface area contributed by atoms with Crippen LogP contribution in [0.3, 0.4) is 0 Å². The highest BCUT2D eigenvalue weighted by molar-refractivity contribution is 7.91. The third-order valence-electron chi connectivity index (χ3n) is 4.40. The Morgan fingerprint density at radius 1 is 1.25 bits per heavy atom. The Kier molecular flexibility index (Phi) is 4.86. The van der Waals surface area contributed by atoms with Crippen molar-refractivity contribution in [2.45, 2.75) is 44.4 Å². The standard InChI is InChI=1S/C16H24O3S/c1-2-11-20(18,19)12-10-16(13-17)9-5-7-14-6-3-4-8-15(14)16/h3-4,6,8,17H,2,5,7,9-13H2,1H3. The van der Waals surface area contributed by atoms with Gasteiger partial charge in [-0.1, -0.05) is 31.2 Å². The second-order valence-electron chi connectivity index (χ2n) is 5.85. The van der Waals surface area contributed by atoms with Gasteiger partial charge in [-0.3, -0.25) is 0 Å². The number of aliphatic hydroxyl groups excluding tert-OH is 1. The van der Waals surface area contributed by atoms with Gasteiger partial charge in [-0.15, -0.1) is 0 Å². The fourth-order valence-corrected chi connectivity index (χ4v) is 4.80. The van der Waals surface area contributed by atoms with Crippen LogP contribution in [0.4, 0.5) is 0 Å². The minimum atomic E-state index is -2.99. The van der Waals surface area contributed by atoms with E-state index in [4.69, 9.17) is 0 Å². The van der Waals surface area contributed by atoms with E-state index < -0.39 is 9.84 Å². The van der Waals surface area contributed by atoms with Crippen molar-refractivity contribution in [3.8, 4) is 0 Å². The molecule has 4 heteroatoms. The van der Waals surface area contributed by atoms with Crippen molar-refractivity contribution in [3.63, 3.8) is 0 Å². The predicted molar refractivity (Wildman–Crippen MR) is 81.7 cm³/mol. The molecule has 1 aliphatic carbocycles.